The van der Waals surface area contributed by atoms with Crippen LogP contribution in [-0.2, 0) is 0 Å². The molecule has 1 aromatic carbocycles. The predicted octanol–water partition coefficient (Wildman–Crippen LogP) is 4.72. The van der Waals surface area contributed by atoms with Crippen LogP contribution < -0.4 is 10.1 Å². The van der Waals surface area contributed by atoms with Crippen molar-refractivity contribution in [2.24, 2.45) is 5.92 Å². The van der Waals surface area contributed by atoms with Crippen LogP contribution in [0.4, 0.5) is 5.69 Å². The van der Waals surface area contributed by atoms with E-state index in [1.807, 2.05) is 25.1 Å². The van der Waals surface area contributed by atoms with E-state index >= 15 is 0 Å². The molecule has 1 N–H and O–H groups in total. The summed E-state index contributed by atoms with van der Waals surface area (Å²) in [5, 5.41) is 4.69. The maximum atomic E-state index is 5.45. The largest absolute Gasteiger partial charge is 0.497 e. The second-order valence-electron chi connectivity index (χ2n) is 7.27. The van der Waals surface area contributed by atoms with Crippen molar-refractivity contribution in [3.63, 3.8) is 0 Å². The van der Waals surface area contributed by atoms with Crippen molar-refractivity contribution < 1.29 is 4.74 Å². The molecule has 2 rings (SSSR count). The number of nitrogens with zero attached hydrogens (tertiary/aromatic N) is 2. The molecule has 1 unspecified atom stereocenters. The third-order valence-electron chi connectivity index (χ3n) is 4.67. The van der Waals surface area contributed by atoms with Gasteiger partial charge in [0.05, 0.1) is 18.3 Å². The van der Waals surface area contributed by atoms with Crippen molar-refractivity contribution in [2.45, 2.75) is 47.1 Å². The summed E-state index contributed by atoms with van der Waals surface area (Å²) in [5.41, 5.74) is 3.09. The minimum absolute atomic E-state index is 0.603. The zero-order valence-electron chi connectivity index (χ0n) is 16.6. The number of hydrogen-bond donors (Lipinski definition) is 1. The first kappa shape index (κ1) is 19.5. The number of hydrogen-bond acceptors (Lipinski definition) is 4. The van der Waals surface area contributed by atoms with E-state index in [1.165, 1.54) is 6.42 Å². The number of aromatic nitrogens is 1. The average molecular weight is 344 g/mol. The summed E-state index contributed by atoms with van der Waals surface area (Å²) >= 11 is 0. The molecule has 1 atom stereocenters. The quantitative estimate of drug-likeness (QED) is 0.715. The number of fused-ring (bicyclic) bond motifs is 1. The highest BCUT2D eigenvalue weighted by Gasteiger charge is 2.14. The van der Waals surface area contributed by atoms with E-state index < -0.39 is 0 Å². The van der Waals surface area contributed by atoms with E-state index in [0.29, 0.717) is 12.0 Å². The lowest BCUT2D eigenvalue weighted by Crippen LogP contribution is -2.38. The summed E-state index contributed by atoms with van der Waals surface area (Å²) in [6, 6.07) is 8.84. The summed E-state index contributed by atoms with van der Waals surface area (Å²) in [4.78, 5) is 7.28. The number of aryl methyl sites for hydroxylation is 1. The Labute approximate surface area is 152 Å². The summed E-state index contributed by atoms with van der Waals surface area (Å²) in [7, 11) is 1.71. The monoisotopic (exact) mass is 343 g/mol. The van der Waals surface area contributed by atoms with Crippen LogP contribution in [0.1, 0.15) is 39.8 Å². The van der Waals surface area contributed by atoms with Gasteiger partial charge in [-0.2, -0.15) is 0 Å². The van der Waals surface area contributed by atoms with Crippen molar-refractivity contribution >= 4 is 16.6 Å². The molecular formula is C21H33N3O. The van der Waals surface area contributed by atoms with Crippen LogP contribution in [0.25, 0.3) is 10.9 Å². The highest BCUT2D eigenvalue weighted by atomic mass is 16.5. The van der Waals surface area contributed by atoms with Gasteiger partial charge < -0.3 is 10.1 Å². The van der Waals surface area contributed by atoms with Gasteiger partial charge in [0.2, 0.25) is 0 Å². The van der Waals surface area contributed by atoms with E-state index in [9.17, 15) is 0 Å². The molecule has 1 aromatic heterocycles. The second-order valence-corrected chi connectivity index (χ2v) is 7.27. The SMILES string of the molecule is CCC(C)N(CCNc1cc(OC)cc2ccc(C)nc12)CC(C)C. The first-order valence-electron chi connectivity index (χ1n) is 9.37. The number of benzene rings is 1. The zero-order valence-corrected chi connectivity index (χ0v) is 16.6. The van der Waals surface area contributed by atoms with Gasteiger partial charge >= 0.3 is 0 Å². The van der Waals surface area contributed by atoms with Crippen LogP contribution in [-0.4, -0.2) is 42.7 Å². The number of anilines is 1. The van der Waals surface area contributed by atoms with Crippen LogP contribution in [0.2, 0.25) is 0 Å². The normalized spacial score (nSPS) is 12.8. The fourth-order valence-corrected chi connectivity index (χ4v) is 3.11. The molecule has 138 valence electrons. The van der Waals surface area contributed by atoms with Crippen molar-refractivity contribution in [1.82, 2.24) is 9.88 Å². The van der Waals surface area contributed by atoms with E-state index in [-0.39, 0.29) is 0 Å². The standard InChI is InChI=1S/C21H33N3O/c1-7-17(5)24(14-15(2)3)11-10-22-20-13-19(25-6)12-18-9-8-16(4)23-21(18)20/h8-9,12-13,15,17,22H,7,10-11,14H2,1-6H3. The maximum absolute atomic E-state index is 5.45. The van der Waals surface area contributed by atoms with Gasteiger partial charge in [-0.3, -0.25) is 9.88 Å². The zero-order chi connectivity index (χ0) is 18.4. The Bertz CT molecular complexity index is 684. The van der Waals surface area contributed by atoms with Crippen LogP contribution >= 0.6 is 0 Å². The number of ether oxygens (including phenoxy) is 1. The predicted molar refractivity (Wildman–Crippen MR) is 108 cm³/mol. The summed E-state index contributed by atoms with van der Waals surface area (Å²) in [6.45, 7) is 14.2. The van der Waals surface area contributed by atoms with E-state index in [2.05, 4.69) is 44.0 Å². The molecule has 2 aromatic rings. The molecule has 0 saturated heterocycles. The van der Waals surface area contributed by atoms with Gasteiger partial charge in [0.1, 0.15) is 5.75 Å². The molecule has 0 bridgehead atoms. The minimum Gasteiger partial charge on any atom is -0.497 e. The minimum atomic E-state index is 0.603. The Morgan fingerprint density at radius 3 is 2.60 bits per heavy atom. The van der Waals surface area contributed by atoms with Gasteiger partial charge in [-0.05, 0) is 38.3 Å². The van der Waals surface area contributed by atoms with Crippen LogP contribution in [0.15, 0.2) is 24.3 Å². The lowest BCUT2D eigenvalue weighted by atomic mass is 10.1. The molecule has 0 spiro atoms. The first-order chi connectivity index (χ1) is 11.9. The molecule has 25 heavy (non-hydrogen) atoms. The first-order valence-corrected chi connectivity index (χ1v) is 9.37. The molecule has 0 radical (unpaired) electrons. The van der Waals surface area contributed by atoms with Crippen molar-refractivity contribution in [3.8, 4) is 5.75 Å². The van der Waals surface area contributed by atoms with E-state index in [1.54, 1.807) is 7.11 Å². The van der Waals surface area contributed by atoms with Crippen molar-refractivity contribution in [3.05, 3.63) is 30.0 Å². The molecule has 0 amide bonds. The van der Waals surface area contributed by atoms with Gasteiger partial charge in [-0.1, -0.05) is 26.8 Å². The highest BCUT2D eigenvalue weighted by Crippen LogP contribution is 2.28. The average Bonchev–Trinajstić information content (AvgIpc) is 2.59. The summed E-state index contributed by atoms with van der Waals surface area (Å²) in [5.74, 6) is 1.54. The Balaban J connectivity index is 2.14. The maximum Gasteiger partial charge on any atom is 0.121 e. The fourth-order valence-electron chi connectivity index (χ4n) is 3.11. The highest BCUT2D eigenvalue weighted by molar-refractivity contribution is 5.92. The van der Waals surface area contributed by atoms with Crippen LogP contribution in [0.5, 0.6) is 5.75 Å². The lowest BCUT2D eigenvalue weighted by Gasteiger charge is -2.30. The molecule has 0 aliphatic heterocycles. The molecule has 0 aliphatic rings. The Hall–Kier alpha value is -1.81. The van der Waals surface area contributed by atoms with Gasteiger partial charge in [-0.25, -0.2) is 0 Å². The van der Waals surface area contributed by atoms with Crippen LogP contribution in [0, 0.1) is 12.8 Å². The number of pyridine rings is 1. The molecule has 4 nitrogen and oxygen atoms in total. The van der Waals surface area contributed by atoms with Gasteiger partial charge in [0.15, 0.2) is 0 Å². The Morgan fingerprint density at radius 2 is 1.96 bits per heavy atom. The Kier molecular flexibility index (Phi) is 7.06. The third kappa shape index (κ3) is 5.33. The van der Waals surface area contributed by atoms with E-state index in [4.69, 9.17) is 9.72 Å². The fraction of sp³-hybridized carbons (Fsp3) is 0.571. The molecule has 4 heteroatoms. The topological polar surface area (TPSA) is 37.4 Å². The second kappa shape index (κ2) is 9.04. The van der Waals surface area contributed by atoms with Gasteiger partial charge in [0.25, 0.3) is 0 Å². The molecule has 0 aliphatic carbocycles. The van der Waals surface area contributed by atoms with Gasteiger partial charge in [0, 0.05) is 42.8 Å². The van der Waals surface area contributed by atoms with E-state index in [0.717, 1.165) is 47.7 Å². The smallest absolute Gasteiger partial charge is 0.121 e. The van der Waals surface area contributed by atoms with Crippen molar-refractivity contribution in [1.29, 1.82) is 0 Å². The van der Waals surface area contributed by atoms with Gasteiger partial charge in [-0.15, -0.1) is 0 Å². The lowest BCUT2D eigenvalue weighted by molar-refractivity contribution is 0.189. The molecule has 1 heterocycles. The van der Waals surface area contributed by atoms with Crippen LogP contribution in [0.3, 0.4) is 0 Å². The van der Waals surface area contributed by atoms with Crippen molar-refractivity contribution in [2.75, 3.05) is 32.1 Å². The summed E-state index contributed by atoms with van der Waals surface area (Å²) < 4.78 is 5.45. The molecular weight excluding hydrogens is 310 g/mol. The molecule has 0 saturated carbocycles. The third-order valence-corrected chi connectivity index (χ3v) is 4.67. The summed E-state index contributed by atoms with van der Waals surface area (Å²) in [6.07, 6.45) is 1.18. The number of rotatable bonds is 9. The number of nitrogens with one attached hydrogen (secondary N) is 1. The Morgan fingerprint density at radius 1 is 1.20 bits per heavy atom. The number of methoxy groups -OCH3 is 1. The molecule has 0 fully saturated rings.